The van der Waals surface area contributed by atoms with E-state index in [-0.39, 0.29) is 0 Å². The number of hydrogen-bond acceptors (Lipinski definition) is 3. The summed E-state index contributed by atoms with van der Waals surface area (Å²) in [5, 5.41) is 12.2. The third-order valence-corrected chi connectivity index (χ3v) is 19.1. The second-order valence-corrected chi connectivity index (χ2v) is 21.8. The van der Waals surface area contributed by atoms with Crippen molar-refractivity contribution in [3.63, 3.8) is 0 Å². The number of nitrogens with zero attached hydrogens (tertiary/aromatic N) is 6. The maximum atomic E-state index is 5.49. The van der Waals surface area contributed by atoms with Crippen LogP contribution in [0.5, 0.6) is 0 Å². The smallest absolute Gasteiger partial charge is 0.240 e. The van der Waals surface area contributed by atoms with E-state index in [1.165, 1.54) is 42.6 Å². The normalized spacial score (nSPS) is 12.0. The van der Waals surface area contributed by atoms with E-state index < -0.39 is 8.07 Å². The molecule has 0 aliphatic rings. The van der Waals surface area contributed by atoms with Crippen LogP contribution in [-0.4, -0.2) is 36.7 Å². The zero-order chi connectivity index (χ0) is 46.2. The van der Waals surface area contributed by atoms with E-state index in [1.54, 1.807) is 0 Å². The van der Waals surface area contributed by atoms with Crippen molar-refractivity contribution in [1.29, 1.82) is 0 Å². The highest BCUT2D eigenvalue weighted by Gasteiger charge is 2.41. The van der Waals surface area contributed by atoms with Gasteiger partial charge in [-0.15, -0.1) is 0 Å². The molecule has 0 unspecified atom stereocenters. The van der Waals surface area contributed by atoms with Crippen LogP contribution in [0.1, 0.15) is 0 Å². The maximum Gasteiger partial charge on any atom is 0.240 e. The van der Waals surface area contributed by atoms with Crippen LogP contribution in [0.4, 0.5) is 0 Å². The first-order valence-electron chi connectivity index (χ1n) is 23.8. The number of hydrogen-bond donors (Lipinski definition) is 0. The molecule has 0 fully saturated rings. The lowest BCUT2D eigenvalue weighted by atomic mass is 10.2. The van der Waals surface area contributed by atoms with Crippen molar-refractivity contribution < 1.29 is 0 Å². The average molecular weight is 911 g/mol. The van der Waals surface area contributed by atoms with Gasteiger partial charge in [-0.3, -0.25) is 9.13 Å². The van der Waals surface area contributed by atoms with Crippen molar-refractivity contribution in [2.24, 2.45) is 0 Å². The fourth-order valence-corrected chi connectivity index (χ4v) is 16.1. The Bertz CT molecular complexity index is 3970. The molecule has 328 valence electrons. The highest BCUT2D eigenvalue weighted by molar-refractivity contribution is 7.19. The van der Waals surface area contributed by atoms with Crippen LogP contribution in [0.3, 0.4) is 0 Å². The van der Waals surface area contributed by atoms with Gasteiger partial charge in [0, 0.05) is 43.6 Å². The molecule has 4 aromatic heterocycles. The summed E-state index contributed by atoms with van der Waals surface area (Å²) in [7, 11) is -3.05. The molecule has 0 aliphatic carbocycles. The number of fused-ring (bicyclic) bond motifs is 9. The van der Waals surface area contributed by atoms with Gasteiger partial charge in [-0.2, -0.15) is 15.0 Å². The highest BCUT2D eigenvalue weighted by atomic mass is 28.3. The molecule has 0 spiro atoms. The lowest BCUT2D eigenvalue weighted by molar-refractivity contribution is 0.893. The molecule has 0 N–H and O–H groups in total. The van der Waals surface area contributed by atoms with E-state index in [0.717, 1.165) is 54.9 Å². The molecule has 6 nitrogen and oxygen atoms in total. The Balaban J connectivity index is 1.02. The quantitative estimate of drug-likeness (QED) is 0.113. The zero-order valence-electron chi connectivity index (χ0n) is 37.9. The van der Waals surface area contributed by atoms with E-state index >= 15 is 0 Å². The van der Waals surface area contributed by atoms with Crippen molar-refractivity contribution in [3.8, 4) is 29.0 Å². The first-order valence-corrected chi connectivity index (χ1v) is 25.8. The van der Waals surface area contributed by atoms with Gasteiger partial charge in [0.2, 0.25) is 11.9 Å². The van der Waals surface area contributed by atoms with E-state index in [4.69, 9.17) is 15.0 Å². The van der Waals surface area contributed by atoms with Crippen molar-refractivity contribution in [2.45, 2.75) is 0 Å². The van der Waals surface area contributed by atoms with Crippen LogP contribution < -0.4 is 20.7 Å². The summed E-state index contributed by atoms with van der Waals surface area (Å²) >= 11 is 0. The lowest BCUT2D eigenvalue weighted by Gasteiger charge is -2.34. The topological polar surface area (TPSA) is 53.5 Å². The molecule has 7 heteroatoms. The Kier molecular flexibility index (Phi) is 9.12. The minimum Gasteiger partial charge on any atom is -0.309 e. The van der Waals surface area contributed by atoms with Gasteiger partial charge in [-0.1, -0.05) is 206 Å². The average Bonchev–Trinajstić information content (AvgIpc) is 4.08. The van der Waals surface area contributed by atoms with Crippen LogP contribution in [0.2, 0.25) is 0 Å². The van der Waals surface area contributed by atoms with Gasteiger partial charge in [-0.05, 0) is 69.3 Å². The third kappa shape index (κ3) is 6.02. The van der Waals surface area contributed by atoms with Crippen LogP contribution in [0, 0.1) is 0 Å². The predicted molar refractivity (Wildman–Crippen MR) is 292 cm³/mol. The molecule has 0 aliphatic heterocycles. The first-order chi connectivity index (χ1) is 34.7. The lowest BCUT2D eigenvalue weighted by Crippen LogP contribution is -2.74. The van der Waals surface area contributed by atoms with Crippen molar-refractivity contribution in [2.75, 3.05) is 0 Å². The number of aromatic nitrogens is 6. The minimum absolute atomic E-state index is 0.556. The monoisotopic (exact) mass is 910 g/mol. The van der Waals surface area contributed by atoms with Gasteiger partial charge < -0.3 is 4.57 Å². The Morgan fingerprint density at radius 1 is 0.257 bits per heavy atom. The highest BCUT2D eigenvalue weighted by Crippen LogP contribution is 2.35. The van der Waals surface area contributed by atoms with E-state index in [0.29, 0.717) is 17.7 Å². The predicted octanol–water partition coefficient (Wildman–Crippen LogP) is 12.2. The summed E-state index contributed by atoms with van der Waals surface area (Å²) in [5.74, 6) is 1.70. The molecule has 0 saturated heterocycles. The van der Waals surface area contributed by atoms with Crippen LogP contribution in [0.25, 0.3) is 94.4 Å². The van der Waals surface area contributed by atoms with E-state index in [1.807, 2.05) is 0 Å². The van der Waals surface area contributed by atoms with E-state index in [9.17, 15) is 0 Å². The molecular formula is C63H42N6Si. The number of para-hydroxylation sites is 6. The van der Waals surface area contributed by atoms with Crippen molar-refractivity contribution in [1.82, 2.24) is 28.7 Å². The summed E-state index contributed by atoms with van der Waals surface area (Å²) in [6.07, 6.45) is 0. The molecule has 14 aromatic rings. The maximum absolute atomic E-state index is 5.49. The Morgan fingerprint density at radius 3 is 0.986 bits per heavy atom. The zero-order valence-corrected chi connectivity index (χ0v) is 38.9. The van der Waals surface area contributed by atoms with Crippen LogP contribution in [-0.2, 0) is 0 Å². The first kappa shape index (κ1) is 39.9. The summed E-state index contributed by atoms with van der Waals surface area (Å²) in [6, 6.07) is 92.1. The van der Waals surface area contributed by atoms with Gasteiger partial charge in [0.1, 0.15) is 0 Å². The summed E-state index contributed by atoms with van der Waals surface area (Å²) in [6.45, 7) is 0. The Morgan fingerprint density at radius 2 is 0.586 bits per heavy atom. The largest absolute Gasteiger partial charge is 0.309 e. The molecule has 70 heavy (non-hydrogen) atoms. The second kappa shape index (κ2) is 16.0. The van der Waals surface area contributed by atoms with Crippen molar-refractivity contribution >= 4 is 94.2 Å². The summed E-state index contributed by atoms with van der Waals surface area (Å²) < 4.78 is 6.79. The SMILES string of the molecule is c1ccc([Si](c2ccccc2)(c2ccc(-n3c4ccccc4c4ccccc43)cc2)c2cccc(-c3nc(-n4c5ccccc5c5ccccc54)nc(-n4c5ccccc5c5ccccc54)n3)c2)cc1. The molecule has 4 heterocycles. The number of benzene rings is 10. The van der Waals surface area contributed by atoms with Gasteiger partial charge >= 0.3 is 0 Å². The van der Waals surface area contributed by atoms with Gasteiger partial charge in [-0.25, -0.2) is 0 Å². The molecule has 0 amide bonds. The summed E-state index contributed by atoms with van der Waals surface area (Å²) in [4.78, 5) is 16.4. The molecule has 10 aromatic carbocycles. The fraction of sp³-hybridized carbons (Fsp3) is 0. The standard InChI is InChI=1S/C63H42N6Si/c1-3-21-45(22-4-1)70(46-23-5-2-6-24-46,47-40-38-44(39-41-47)67-55-32-13-7-26-49(55)50-27-8-14-33-56(50)67)48-25-19-20-43(42-48)61-64-62(68-57-34-15-9-28-51(57)52-29-10-16-35-58(52)68)66-63(65-61)69-59-36-17-11-30-53(59)54-31-12-18-37-60(54)69/h1-42H. The van der Waals surface area contributed by atoms with E-state index in [2.05, 4.69) is 268 Å². The molecule has 0 atom stereocenters. The van der Waals surface area contributed by atoms with Crippen LogP contribution >= 0.6 is 0 Å². The molecule has 0 saturated carbocycles. The summed E-state index contributed by atoms with van der Waals surface area (Å²) in [5.41, 5.74) is 8.55. The number of rotatable bonds is 8. The molecular weight excluding hydrogens is 869 g/mol. The Hall–Kier alpha value is -9.17. The van der Waals surface area contributed by atoms with Gasteiger partial charge in [0.25, 0.3) is 0 Å². The van der Waals surface area contributed by atoms with Gasteiger partial charge in [0.15, 0.2) is 13.9 Å². The van der Waals surface area contributed by atoms with Crippen LogP contribution in [0.15, 0.2) is 255 Å². The Labute approximate surface area is 404 Å². The van der Waals surface area contributed by atoms with Crippen molar-refractivity contribution in [3.05, 3.63) is 255 Å². The third-order valence-electron chi connectivity index (χ3n) is 14.3. The molecule has 14 rings (SSSR count). The second-order valence-electron chi connectivity index (χ2n) is 18.0. The minimum atomic E-state index is -3.05. The van der Waals surface area contributed by atoms with Gasteiger partial charge in [0.05, 0.1) is 33.1 Å². The fourth-order valence-electron chi connectivity index (χ4n) is 11.3. The molecule has 0 radical (unpaired) electrons. The molecule has 0 bridgehead atoms.